The summed E-state index contributed by atoms with van der Waals surface area (Å²) in [5.74, 6) is 0.318. The van der Waals surface area contributed by atoms with Gasteiger partial charge >= 0.3 is 0 Å². The lowest BCUT2D eigenvalue weighted by atomic mass is 10.2. The topological polar surface area (TPSA) is 91.4 Å². The molecule has 8 heteroatoms. The Morgan fingerprint density at radius 1 is 1.15 bits per heavy atom. The van der Waals surface area contributed by atoms with Crippen molar-refractivity contribution >= 4 is 21.7 Å². The van der Waals surface area contributed by atoms with Gasteiger partial charge in [-0.15, -0.1) is 0 Å². The fraction of sp³-hybridized carbons (Fsp3) is 0.368. The second kappa shape index (κ2) is 9.07. The highest BCUT2D eigenvalue weighted by Crippen LogP contribution is 2.14. The van der Waals surface area contributed by atoms with Crippen LogP contribution in [0.2, 0.25) is 0 Å². The summed E-state index contributed by atoms with van der Waals surface area (Å²) in [5, 5.41) is 2.74. The van der Waals surface area contributed by atoms with Crippen LogP contribution in [-0.4, -0.2) is 44.8 Å². The van der Waals surface area contributed by atoms with E-state index in [0.717, 1.165) is 12.1 Å². The number of amides is 1. The van der Waals surface area contributed by atoms with Gasteiger partial charge in [-0.3, -0.25) is 4.79 Å². The zero-order valence-corrected chi connectivity index (χ0v) is 16.9. The van der Waals surface area contributed by atoms with E-state index >= 15 is 0 Å². The summed E-state index contributed by atoms with van der Waals surface area (Å²) in [6, 6.07) is 9.53. The molecule has 2 N–H and O–H groups in total. The predicted molar refractivity (Wildman–Crippen MR) is 106 cm³/mol. The summed E-state index contributed by atoms with van der Waals surface area (Å²) in [6.45, 7) is 4.95. The van der Waals surface area contributed by atoms with E-state index in [1.165, 1.54) is 24.3 Å². The molecule has 7 nitrogen and oxygen atoms in total. The quantitative estimate of drug-likeness (QED) is 0.722. The van der Waals surface area contributed by atoms with Crippen LogP contribution < -0.4 is 10.0 Å². The maximum Gasteiger partial charge on any atom is 0.256 e. The van der Waals surface area contributed by atoms with Crippen LogP contribution in [0.15, 0.2) is 47.5 Å². The number of carbonyl (C=O) groups excluding carboxylic acids is 1. The Balaban J connectivity index is 2.07. The van der Waals surface area contributed by atoms with Crippen LogP contribution >= 0.6 is 0 Å². The van der Waals surface area contributed by atoms with Crippen molar-refractivity contribution in [3.05, 3.63) is 53.7 Å². The lowest BCUT2D eigenvalue weighted by Crippen LogP contribution is -2.27. The van der Waals surface area contributed by atoms with Gasteiger partial charge in [-0.25, -0.2) is 18.1 Å². The Hall–Kier alpha value is -2.29. The molecule has 1 aromatic heterocycles. The highest BCUT2D eigenvalue weighted by Gasteiger charge is 2.15. The van der Waals surface area contributed by atoms with Crippen molar-refractivity contribution in [2.45, 2.75) is 25.3 Å². The summed E-state index contributed by atoms with van der Waals surface area (Å²) >= 11 is 0. The van der Waals surface area contributed by atoms with Crippen molar-refractivity contribution in [3.8, 4) is 0 Å². The van der Waals surface area contributed by atoms with E-state index in [4.69, 9.17) is 0 Å². The molecule has 1 aromatic carbocycles. The number of pyridine rings is 1. The van der Waals surface area contributed by atoms with Gasteiger partial charge in [-0.05, 0) is 62.0 Å². The van der Waals surface area contributed by atoms with E-state index in [1.54, 1.807) is 6.20 Å². The second-order valence-electron chi connectivity index (χ2n) is 7.01. The van der Waals surface area contributed by atoms with Crippen LogP contribution in [0.4, 0.5) is 5.82 Å². The van der Waals surface area contributed by atoms with Gasteiger partial charge in [-0.1, -0.05) is 13.8 Å². The average molecular weight is 391 g/mol. The van der Waals surface area contributed by atoms with Crippen LogP contribution in [0.3, 0.4) is 0 Å². The molecule has 146 valence electrons. The number of nitrogens with one attached hydrogen (secondary N) is 2. The molecular weight excluding hydrogens is 364 g/mol. The molecule has 0 saturated heterocycles. The first-order valence-electron chi connectivity index (χ1n) is 8.68. The molecule has 0 fully saturated rings. The van der Waals surface area contributed by atoms with Crippen molar-refractivity contribution in [2.75, 3.05) is 26.0 Å². The molecule has 0 saturated carbocycles. The van der Waals surface area contributed by atoms with Gasteiger partial charge in [0, 0.05) is 24.8 Å². The monoisotopic (exact) mass is 390 g/mol. The first kappa shape index (κ1) is 21.0. The van der Waals surface area contributed by atoms with Gasteiger partial charge in [0.05, 0.1) is 4.90 Å². The fourth-order valence-corrected chi connectivity index (χ4v) is 3.55. The maximum atomic E-state index is 12.4. The van der Waals surface area contributed by atoms with Crippen LogP contribution in [-0.2, 0) is 16.6 Å². The first-order valence-corrected chi connectivity index (χ1v) is 10.2. The molecule has 0 spiro atoms. The number of hydrogen-bond acceptors (Lipinski definition) is 5. The van der Waals surface area contributed by atoms with Gasteiger partial charge in [0.25, 0.3) is 5.91 Å². The lowest BCUT2D eigenvalue weighted by Gasteiger charge is -2.11. The predicted octanol–water partition coefficient (Wildman–Crippen LogP) is 2.33. The Kier molecular flexibility index (Phi) is 7.06. The zero-order valence-electron chi connectivity index (χ0n) is 16.1. The summed E-state index contributed by atoms with van der Waals surface area (Å²) in [6.07, 6.45) is 1.64. The van der Waals surface area contributed by atoms with Crippen molar-refractivity contribution in [3.63, 3.8) is 0 Å². The number of nitrogens with zero attached hydrogens (tertiary/aromatic N) is 2. The molecule has 0 atom stereocenters. The first-order chi connectivity index (χ1) is 12.7. The third-order valence-electron chi connectivity index (χ3n) is 3.67. The van der Waals surface area contributed by atoms with E-state index in [-0.39, 0.29) is 16.7 Å². The SMILES string of the molecule is CC(C)CNS(=O)(=O)c1ccc(C(=O)Nc2cc(CN(C)C)ccn2)cc1. The second-order valence-corrected chi connectivity index (χ2v) is 8.78. The minimum atomic E-state index is -3.57. The van der Waals surface area contributed by atoms with Crippen LogP contribution in [0.25, 0.3) is 0 Å². The Bertz CT molecular complexity index is 878. The standard InChI is InChI=1S/C19H26N4O3S/c1-14(2)12-21-27(25,26)17-7-5-16(6-8-17)19(24)22-18-11-15(9-10-20-18)13-23(3)4/h5-11,14,21H,12-13H2,1-4H3,(H,20,22,24). The normalized spacial score (nSPS) is 11.8. The highest BCUT2D eigenvalue weighted by atomic mass is 32.2. The summed E-state index contributed by atoms with van der Waals surface area (Å²) in [5.41, 5.74) is 1.39. The van der Waals surface area contributed by atoms with Crippen molar-refractivity contribution in [2.24, 2.45) is 5.92 Å². The van der Waals surface area contributed by atoms with Crippen molar-refractivity contribution < 1.29 is 13.2 Å². The molecule has 0 aliphatic carbocycles. The number of sulfonamides is 1. The molecule has 0 bridgehead atoms. The maximum absolute atomic E-state index is 12.4. The van der Waals surface area contributed by atoms with Crippen molar-refractivity contribution in [1.82, 2.24) is 14.6 Å². The third-order valence-corrected chi connectivity index (χ3v) is 5.11. The third kappa shape index (κ3) is 6.42. The lowest BCUT2D eigenvalue weighted by molar-refractivity contribution is 0.102. The number of anilines is 1. The Morgan fingerprint density at radius 2 is 1.81 bits per heavy atom. The average Bonchev–Trinajstić information content (AvgIpc) is 2.60. The highest BCUT2D eigenvalue weighted by molar-refractivity contribution is 7.89. The number of rotatable bonds is 8. The van der Waals surface area contributed by atoms with Gasteiger partial charge in [0.1, 0.15) is 5.82 Å². The molecule has 2 aromatic rings. The van der Waals surface area contributed by atoms with Gasteiger partial charge in [-0.2, -0.15) is 0 Å². The Labute approximate surface area is 160 Å². The molecule has 2 rings (SSSR count). The van der Waals surface area contributed by atoms with Gasteiger partial charge in [0.15, 0.2) is 0 Å². The number of carbonyl (C=O) groups is 1. The molecule has 1 amide bonds. The van der Waals surface area contributed by atoms with Crippen molar-refractivity contribution in [1.29, 1.82) is 0 Å². The molecule has 0 aliphatic heterocycles. The summed E-state index contributed by atoms with van der Waals surface area (Å²) in [7, 11) is 0.353. The molecule has 1 heterocycles. The zero-order chi connectivity index (χ0) is 20.0. The van der Waals surface area contributed by atoms with Gasteiger partial charge < -0.3 is 10.2 Å². The fourth-order valence-electron chi connectivity index (χ4n) is 2.34. The molecule has 0 unspecified atom stereocenters. The van der Waals surface area contributed by atoms with Gasteiger partial charge in [0.2, 0.25) is 10.0 Å². The van der Waals surface area contributed by atoms with Crippen LogP contribution in [0.1, 0.15) is 29.8 Å². The summed E-state index contributed by atoms with van der Waals surface area (Å²) in [4.78, 5) is 18.7. The molecule has 27 heavy (non-hydrogen) atoms. The molecular formula is C19H26N4O3S. The van der Waals surface area contributed by atoms with Crippen LogP contribution in [0, 0.1) is 5.92 Å². The molecule has 0 radical (unpaired) electrons. The minimum absolute atomic E-state index is 0.130. The number of hydrogen-bond donors (Lipinski definition) is 2. The largest absolute Gasteiger partial charge is 0.307 e. The smallest absolute Gasteiger partial charge is 0.256 e. The van der Waals surface area contributed by atoms with E-state index < -0.39 is 10.0 Å². The number of aromatic nitrogens is 1. The summed E-state index contributed by atoms with van der Waals surface area (Å²) < 4.78 is 27.0. The van der Waals surface area contributed by atoms with E-state index in [1.807, 2.05) is 45.0 Å². The Morgan fingerprint density at radius 3 is 2.41 bits per heavy atom. The van der Waals surface area contributed by atoms with E-state index in [0.29, 0.717) is 17.9 Å². The minimum Gasteiger partial charge on any atom is -0.307 e. The van der Waals surface area contributed by atoms with Crippen LogP contribution in [0.5, 0.6) is 0 Å². The number of benzene rings is 1. The molecule has 0 aliphatic rings. The van der Waals surface area contributed by atoms with E-state index in [9.17, 15) is 13.2 Å². The van der Waals surface area contributed by atoms with E-state index in [2.05, 4.69) is 15.0 Å².